The Hall–Kier alpha value is -3.13. The number of nitrogens with one attached hydrogen (secondary N) is 1. The molecule has 1 saturated heterocycles. The molecule has 3 heterocycles. The lowest BCUT2D eigenvalue weighted by Gasteiger charge is -2.36. The fourth-order valence-electron chi connectivity index (χ4n) is 4.27. The Morgan fingerprint density at radius 1 is 1.03 bits per heavy atom. The Morgan fingerprint density at radius 3 is 2.55 bits per heavy atom. The molecule has 1 fully saturated rings. The summed E-state index contributed by atoms with van der Waals surface area (Å²) < 4.78 is 1.88. The van der Waals surface area contributed by atoms with Crippen LogP contribution in [0.15, 0.2) is 66.9 Å². The first-order valence-electron chi connectivity index (χ1n) is 11.2. The van der Waals surface area contributed by atoms with Gasteiger partial charge in [-0.3, -0.25) is 4.90 Å². The van der Waals surface area contributed by atoms with Crippen molar-refractivity contribution in [2.24, 2.45) is 0 Å². The van der Waals surface area contributed by atoms with Crippen LogP contribution in [-0.4, -0.2) is 63.4 Å². The third kappa shape index (κ3) is 4.95. The van der Waals surface area contributed by atoms with Gasteiger partial charge in [0, 0.05) is 54.7 Å². The van der Waals surface area contributed by atoms with Gasteiger partial charge in [0.25, 0.3) is 0 Å². The minimum atomic E-state index is -0.281. The molecule has 5 rings (SSSR count). The maximum absolute atomic E-state index is 9.59. The van der Waals surface area contributed by atoms with E-state index < -0.39 is 0 Å². The van der Waals surface area contributed by atoms with E-state index in [1.807, 2.05) is 54.0 Å². The van der Waals surface area contributed by atoms with Crippen LogP contribution in [0.2, 0.25) is 5.02 Å². The highest BCUT2D eigenvalue weighted by atomic mass is 35.5. The summed E-state index contributed by atoms with van der Waals surface area (Å²) in [4.78, 5) is 9.15. The second-order valence-electron chi connectivity index (χ2n) is 8.46. The van der Waals surface area contributed by atoms with Crippen molar-refractivity contribution < 1.29 is 5.11 Å². The Kier molecular flexibility index (Phi) is 6.17. The van der Waals surface area contributed by atoms with Crippen molar-refractivity contribution in [1.29, 1.82) is 0 Å². The summed E-state index contributed by atoms with van der Waals surface area (Å²) in [6.07, 6.45) is 1.53. The quantitative estimate of drug-likeness (QED) is 0.445. The van der Waals surface area contributed by atoms with Crippen LogP contribution in [0.1, 0.15) is 6.92 Å². The maximum Gasteiger partial charge on any atom is 0.245 e. The maximum atomic E-state index is 9.59. The topological polar surface area (TPSA) is 68.9 Å². The van der Waals surface area contributed by atoms with E-state index in [0.717, 1.165) is 55.2 Å². The number of fused-ring (bicyclic) bond motifs is 1. The third-order valence-corrected chi connectivity index (χ3v) is 6.14. The summed E-state index contributed by atoms with van der Waals surface area (Å²) in [6, 6.07) is 20.1. The molecule has 1 aliphatic rings. The zero-order chi connectivity index (χ0) is 22.8. The number of nitrogens with zero attached hydrogens (tertiary/aromatic N) is 5. The minimum Gasteiger partial charge on any atom is -0.392 e. The number of anilines is 3. The number of aliphatic hydroxyl groups excluding tert-OH is 1. The van der Waals surface area contributed by atoms with Crippen molar-refractivity contribution >= 4 is 34.4 Å². The SMILES string of the molecule is C[C@@H](O)CN1CCN(c2ccc(Nc3ncc4ccc(-c5cccc(Cl)c5)n4n3)cc2)CC1. The minimum absolute atomic E-state index is 0.281. The molecular weight excluding hydrogens is 436 g/mol. The highest BCUT2D eigenvalue weighted by Gasteiger charge is 2.18. The number of aromatic nitrogens is 3. The lowest BCUT2D eigenvalue weighted by molar-refractivity contribution is 0.123. The van der Waals surface area contributed by atoms with Crippen LogP contribution in [-0.2, 0) is 0 Å². The molecule has 1 atom stereocenters. The molecule has 0 bridgehead atoms. The summed E-state index contributed by atoms with van der Waals surface area (Å²) in [6.45, 7) is 6.42. The second-order valence-corrected chi connectivity index (χ2v) is 8.89. The number of benzene rings is 2. The highest BCUT2D eigenvalue weighted by molar-refractivity contribution is 6.30. The molecule has 0 saturated carbocycles. The van der Waals surface area contributed by atoms with Gasteiger partial charge < -0.3 is 15.3 Å². The monoisotopic (exact) mass is 462 g/mol. The van der Waals surface area contributed by atoms with Crippen molar-refractivity contribution in [2.75, 3.05) is 42.9 Å². The van der Waals surface area contributed by atoms with Gasteiger partial charge in [-0.25, -0.2) is 9.50 Å². The summed E-state index contributed by atoms with van der Waals surface area (Å²) in [7, 11) is 0. The third-order valence-electron chi connectivity index (χ3n) is 5.90. The molecule has 170 valence electrons. The predicted octanol–water partition coefficient (Wildman–Crippen LogP) is 4.30. The molecule has 33 heavy (non-hydrogen) atoms. The van der Waals surface area contributed by atoms with Gasteiger partial charge >= 0.3 is 0 Å². The summed E-state index contributed by atoms with van der Waals surface area (Å²) in [5.41, 5.74) is 5.01. The highest BCUT2D eigenvalue weighted by Crippen LogP contribution is 2.26. The number of β-amino-alcohol motifs (C(OH)–C–C–N with tert-alkyl or cyclic N) is 1. The van der Waals surface area contributed by atoms with E-state index in [2.05, 4.69) is 44.4 Å². The lowest BCUT2D eigenvalue weighted by atomic mass is 10.2. The average Bonchev–Trinajstić information content (AvgIpc) is 3.23. The standard InChI is InChI=1S/C25H27ClN6O/c1-18(33)17-30-11-13-31(14-12-30)22-7-5-21(6-8-22)28-25-27-16-23-9-10-24(32(23)29-25)19-3-2-4-20(26)15-19/h2-10,15-16,18,33H,11-14,17H2,1H3,(H,28,29)/t18-/m1/s1. The van der Waals surface area contributed by atoms with Crippen LogP contribution in [0.3, 0.4) is 0 Å². The van der Waals surface area contributed by atoms with Crippen LogP contribution >= 0.6 is 11.6 Å². The summed E-state index contributed by atoms with van der Waals surface area (Å²) in [5.74, 6) is 0.529. The smallest absolute Gasteiger partial charge is 0.245 e. The first-order valence-corrected chi connectivity index (χ1v) is 11.6. The molecule has 0 unspecified atom stereocenters. The fourth-order valence-corrected chi connectivity index (χ4v) is 4.46. The van der Waals surface area contributed by atoms with Crippen LogP contribution < -0.4 is 10.2 Å². The zero-order valence-corrected chi connectivity index (χ0v) is 19.3. The van der Waals surface area contributed by atoms with Crippen LogP contribution in [0.5, 0.6) is 0 Å². The first-order chi connectivity index (χ1) is 16.0. The van der Waals surface area contributed by atoms with Crippen molar-refractivity contribution in [2.45, 2.75) is 13.0 Å². The van der Waals surface area contributed by atoms with E-state index in [9.17, 15) is 5.11 Å². The number of hydrogen-bond donors (Lipinski definition) is 2. The van der Waals surface area contributed by atoms with Gasteiger partial charge in [-0.15, -0.1) is 5.10 Å². The van der Waals surface area contributed by atoms with Crippen molar-refractivity contribution in [3.63, 3.8) is 0 Å². The van der Waals surface area contributed by atoms with Gasteiger partial charge in [0.2, 0.25) is 5.95 Å². The Labute approximate surface area is 198 Å². The van der Waals surface area contributed by atoms with Crippen molar-refractivity contribution in [3.8, 4) is 11.3 Å². The molecule has 0 amide bonds. The van der Waals surface area contributed by atoms with Crippen LogP contribution in [0, 0.1) is 0 Å². The molecule has 0 spiro atoms. The summed E-state index contributed by atoms with van der Waals surface area (Å²) in [5, 5.41) is 18.3. The van der Waals surface area contributed by atoms with Gasteiger partial charge in [0.1, 0.15) is 0 Å². The second kappa shape index (κ2) is 9.39. The number of halogens is 1. The van der Waals surface area contributed by atoms with E-state index in [1.165, 1.54) is 5.69 Å². The molecule has 0 aliphatic carbocycles. The number of hydrogen-bond acceptors (Lipinski definition) is 6. The van der Waals surface area contributed by atoms with Gasteiger partial charge in [0.15, 0.2) is 0 Å². The summed E-state index contributed by atoms with van der Waals surface area (Å²) >= 11 is 6.18. The normalized spacial score (nSPS) is 15.7. The molecule has 2 aromatic carbocycles. The number of rotatable bonds is 6. The van der Waals surface area contributed by atoms with Crippen molar-refractivity contribution in [1.82, 2.24) is 19.5 Å². The lowest BCUT2D eigenvalue weighted by Crippen LogP contribution is -2.48. The van der Waals surface area contributed by atoms with E-state index in [1.54, 1.807) is 0 Å². The fraction of sp³-hybridized carbons (Fsp3) is 0.280. The predicted molar refractivity (Wildman–Crippen MR) is 133 cm³/mol. The van der Waals surface area contributed by atoms with Gasteiger partial charge in [-0.1, -0.05) is 23.7 Å². The Morgan fingerprint density at radius 2 is 1.82 bits per heavy atom. The van der Waals surface area contributed by atoms with E-state index >= 15 is 0 Å². The van der Waals surface area contributed by atoms with Crippen LogP contribution in [0.4, 0.5) is 17.3 Å². The Bertz CT molecular complexity index is 1230. The van der Waals surface area contributed by atoms with Crippen LogP contribution in [0.25, 0.3) is 16.8 Å². The molecule has 2 N–H and O–H groups in total. The van der Waals surface area contributed by atoms with Gasteiger partial charge in [-0.05, 0) is 55.5 Å². The van der Waals surface area contributed by atoms with Gasteiger partial charge in [-0.2, -0.15) is 0 Å². The largest absolute Gasteiger partial charge is 0.392 e. The molecular formula is C25H27ClN6O. The van der Waals surface area contributed by atoms with E-state index in [4.69, 9.17) is 16.7 Å². The zero-order valence-electron chi connectivity index (χ0n) is 18.5. The number of aliphatic hydroxyl groups is 1. The number of piperazine rings is 1. The molecule has 4 aromatic rings. The first kappa shape index (κ1) is 21.7. The van der Waals surface area contributed by atoms with E-state index in [0.29, 0.717) is 11.0 Å². The molecule has 1 aliphatic heterocycles. The van der Waals surface area contributed by atoms with E-state index in [-0.39, 0.29) is 6.10 Å². The average molecular weight is 463 g/mol. The molecule has 0 radical (unpaired) electrons. The Balaban J connectivity index is 1.29. The molecule has 2 aromatic heterocycles. The molecule has 7 nitrogen and oxygen atoms in total. The molecule has 8 heteroatoms. The van der Waals surface area contributed by atoms with Crippen molar-refractivity contribution in [3.05, 3.63) is 71.9 Å². The van der Waals surface area contributed by atoms with Gasteiger partial charge in [0.05, 0.1) is 23.5 Å².